The van der Waals surface area contributed by atoms with E-state index >= 15 is 0 Å². The third kappa shape index (κ3) is 4.89. The number of rotatable bonds is 3. The highest BCUT2D eigenvalue weighted by Crippen LogP contribution is 2.26. The summed E-state index contributed by atoms with van der Waals surface area (Å²) in [6.07, 6.45) is 1.70. The Morgan fingerprint density at radius 1 is 1.07 bits per heavy atom. The van der Waals surface area contributed by atoms with Gasteiger partial charge in [0.05, 0.1) is 12.7 Å². The van der Waals surface area contributed by atoms with E-state index in [4.69, 9.17) is 14.2 Å². The molecule has 4 rings (SSSR count). The number of para-hydroxylation sites is 1. The second-order valence-electron chi connectivity index (χ2n) is 7.57. The Kier molecular flexibility index (Phi) is 6.32. The SMILES string of the molecule is COc1ccc(CN2C[C@@H]3OCCCCNC(=O)c4ccccc4O[C@@H]3C2)cc1. The highest BCUT2D eigenvalue weighted by Gasteiger charge is 2.36. The lowest BCUT2D eigenvalue weighted by atomic mass is 10.1. The van der Waals surface area contributed by atoms with E-state index in [2.05, 4.69) is 22.3 Å². The van der Waals surface area contributed by atoms with Crippen molar-refractivity contribution >= 4 is 5.91 Å². The van der Waals surface area contributed by atoms with Gasteiger partial charge >= 0.3 is 0 Å². The number of hydrogen-bond acceptors (Lipinski definition) is 5. The van der Waals surface area contributed by atoms with Crippen LogP contribution >= 0.6 is 0 Å². The minimum absolute atomic E-state index is 0.0104. The molecule has 2 aromatic rings. The Balaban J connectivity index is 1.50. The summed E-state index contributed by atoms with van der Waals surface area (Å²) in [6, 6.07) is 15.6. The monoisotopic (exact) mass is 396 g/mol. The number of nitrogens with one attached hydrogen (secondary N) is 1. The van der Waals surface area contributed by atoms with Crippen LogP contribution in [0.25, 0.3) is 0 Å². The van der Waals surface area contributed by atoms with E-state index < -0.39 is 0 Å². The molecule has 1 fully saturated rings. The maximum atomic E-state index is 12.5. The Bertz CT molecular complexity index is 824. The van der Waals surface area contributed by atoms with Crippen molar-refractivity contribution in [2.45, 2.75) is 31.6 Å². The zero-order chi connectivity index (χ0) is 20.1. The van der Waals surface area contributed by atoms with Crippen molar-refractivity contribution < 1.29 is 19.0 Å². The summed E-state index contributed by atoms with van der Waals surface area (Å²) in [6.45, 7) is 3.72. The van der Waals surface area contributed by atoms with E-state index in [1.165, 1.54) is 5.56 Å². The fraction of sp³-hybridized carbons (Fsp3) is 0.435. The Labute approximate surface area is 171 Å². The summed E-state index contributed by atoms with van der Waals surface area (Å²) in [7, 11) is 1.68. The molecule has 0 unspecified atom stereocenters. The maximum absolute atomic E-state index is 12.5. The zero-order valence-electron chi connectivity index (χ0n) is 16.8. The predicted molar refractivity (Wildman–Crippen MR) is 110 cm³/mol. The van der Waals surface area contributed by atoms with Crippen LogP contribution in [0.2, 0.25) is 0 Å². The van der Waals surface area contributed by atoms with E-state index in [0.717, 1.165) is 38.2 Å². The van der Waals surface area contributed by atoms with Gasteiger partial charge in [-0.2, -0.15) is 0 Å². The van der Waals surface area contributed by atoms with Crippen LogP contribution in [0.15, 0.2) is 48.5 Å². The van der Waals surface area contributed by atoms with Gasteiger partial charge in [0, 0.05) is 32.8 Å². The van der Waals surface area contributed by atoms with E-state index in [1.54, 1.807) is 7.11 Å². The summed E-state index contributed by atoms with van der Waals surface area (Å²) >= 11 is 0. The van der Waals surface area contributed by atoms with Gasteiger partial charge in [-0.25, -0.2) is 0 Å². The van der Waals surface area contributed by atoms with Gasteiger partial charge in [0.1, 0.15) is 23.7 Å². The molecule has 1 N–H and O–H groups in total. The molecule has 154 valence electrons. The van der Waals surface area contributed by atoms with Gasteiger partial charge in [0.2, 0.25) is 0 Å². The quantitative estimate of drug-likeness (QED) is 0.865. The van der Waals surface area contributed by atoms with Crippen molar-refractivity contribution in [3.63, 3.8) is 0 Å². The zero-order valence-corrected chi connectivity index (χ0v) is 16.8. The van der Waals surface area contributed by atoms with Crippen molar-refractivity contribution in [3.05, 3.63) is 59.7 Å². The fourth-order valence-electron chi connectivity index (χ4n) is 3.89. The molecular formula is C23H28N2O4. The smallest absolute Gasteiger partial charge is 0.255 e. The van der Waals surface area contributed by atoms with Crippen LogP contribution in [-0.4, -0.2) is 56.4 Å². The summed E-state index contributed by atoms with van der Waals surface area (Å²) < 4.78 is 17.7. The van der Waals surface area contributed by atoms with Crippen molar-refractivity contribution in [1.29, 1.82) is 0 Å². The van der Waals surface area contributed by atoms with Crippen molar-refractivity contribution in [3.8, 4) is 11.5 Å². The molecule has 0 aromatic heterocycles. The van der Waals surface area contributed by atoms with Crippen LogP contribution in [0.4, 0.5) is 0 Å². The lowest BCUT2D eigenvalue weighted by molar-refractivity contribution is -0.000373. The van der Waals surface area contributed by atoms with Crippen molar-refractivity contribution in [2.24, 2.45) is 0 Å². The van der Waals surface area contributed by atoms with Crippen LogP contribution < -0.4 is 14.8 Å². The largest absolute Gasteiger partial charge is 0.497 e. The molecule has 2 atom stereocenters. The second kappa shape index (κ2) is 9.29. The average molecular weight is 396 g/mol. The first kappa shape index (κ1) is 19.7. The van der Waals surface area contributed by atoms with Crippen LogP contribution in [0.5, 0.6) is 11.5 Å². The minimum atomic E-state index is -0.110. The van der Waals surface area contributed by atoms with E-state index in [1.807, 2.05) is 36.4 Å². The standard InChI is InChI=1S/C23H28N2O4/c1-27-18-10-8-17(9-11-18)14-25-15-21-22(16-25)29-20-7-3-2-6-19(20)23(26)24-12-4-5-13-28-21/h2-3,6-11,21-22H,4-5,12-16H2,1H3,(H,24,26)/t21-,22+/m0/s1. The molecule has 0 aliphatic carbocycles. The van der Waals surface area contributed by atoms with Gasteiger partial charge in [0.25, 0.3) is 5.91 Å². The number of hydrogen-bond donors (Lipinski definition) is 1. The first-order valence-electron chi connectivity index (χ1n) is 10.2. The molecule has 0 saturated carbocycles. The molecule has 1 amide bonds. The molecule has 0 radical (unpaired) electrons. The van der Waals surface area contributed by atoms with Crippen molar-refractivity contribution in [1.82, 2.24) is 10.2 Å². The molecule has 2 heterocycles. The molecule has 0 spiro atoms. The summed E-state index contributed by atoms with van der Waals surface area (Å²) in [4.78, 5) is 14.9. The van der Waals surface area contributed by atoms with E-state index in [0.29, 0.717) is 24.5 Å². The third-order valence-electron chi connectivity index (χ3n) is 5.45. The Hall–Kier alpha value is -2.57. The number of ether oxygens (including phenoxy) is 3. The minimum Gasteiger partial charge on any atom is -0.497 e. The molecule has 2 aliphatic heterocycles. The van der Waals surface area contributed by atoms with E-state index in [-0.39, 0.29) is 18.1 Å². The van der Waals surface area contributed by atoms with Gasteiger partial charge in [-0.3, -0.25) is 9.69 Å². The van der Waals surface area contributed by atoms with Gasteiger partial charge in [-0.1, -0.05) is 24.3 Å². The number of carbonyl (C=O) groups excluding carboxylic acids is 1. The summed E-state index contributed by atoms with van der Waals surface area (Å²) in [5, 5.41) is 2.97. The third-order valence-corrected chi connectivity index (χ3v) is 5.45. The lowest BCUT2D eigenvalue weighted by Gasteiger charge is -2.23. The van der Waals surface area contributed by atoms with Gasteiger partial charge in [-0.15, -0.1) is 0 Å². The molecule has 2 aromatic carbocycles. The van der Waals surface area contributed by atoms with E-state index in [9.17, 15) is 4.79 Å². The van der Waals surface area contributed by atoms with Crippen LogP contribution in [0.3, 0.4) is 0 Å². The fourth-order valence-corrected chi connectivity index (χ4v) is 3.89. The molecule has 1 saturated heterocycles. The van der Waals surface area contributed by atoms with Crippen LogP contribution in [0.1, 0.15) is 28.8 Å². The predicted octanol–water partition coefficient (Wildman–Crippen LogP) is 2.87. The van der Waals surface area contributed by atoms with Crippen molar-refractivity contribution in [2.75, 3.05) is 33.4 Å². The number of carbonyl (C=O) groups is 1. The number of likely N-dealkylation sites (tertiary alicyclic amines) is 1. The first-order valence-corrected chi connectivity index (χ1v) is 10.2. The molecule has 6 nitrogen and oxygen atoms in total. The Morgan fingerprint density at radius 2 is 1.86 bits per heavy atom. The normalized spacial score (nSPS) is 23.0. The van der Waals surface area contributed by atoms with Crippen LogP contribution in [-0.2, 0) is 11.3 Å². The molecular weight excluding hydrogens is 368 g/mol. The van der Waals surface area contributed by atoms with Crippen LogP contribution in [0, 0.1) is 0 Å². The topological polar surface area (TPSA) is 60.0 Å². The lowest BCUT2D eigenvalue weighted by Crippen LogP contribution is -2.34. The van der Waals surface area contributed by atoms with Gasteiger partial charge < -0.3 is 19.5 Å². The van der Waals surface area contributed by atoms with Gasteiger partial charge in [-0.05, 0) is 42.7 Å². The summed E-state index contributed by atoms with van der Waals surface area (Å²) in [5.74, 6) is 1.40. The molecule has 2 aliphatic rings. The number of benzene rings is 2. The molecule has 6 heteroatoms. The Morgan fingerprint density at radius 3 is 2.69 bits per heavy atom. The number of methoxy groups -OCH3 is 1. The first-order chi connectivity index (χ1) is 14.2. The average Bonchev–Trinajstić information content (AvgIpc) is 3.11. The number of nitrogens with zero attached hydrogens (tertiary/aromatic N) is 1. The maximum Gasteiger partial charge on any atom is 0.255 e. The highest BCUT2D eigenvalue weighted by molar-refractivity contribution is 5.96. The molecule has 29 heavy (non-hydrogen) atoms. The number of amides is 1. The molecule has 0 bridgehead atoms. The second-order valence-corrected chi connectivity index (χ2v) is 7.57. The number of fused-ring (bicyclic) bond motifs is 2. The summed E-state index contributed by atoms with van der Waals surface area (Å²) in [5.41, 5.74) is 1.81. The van der Waals surface area contributed by atoms with Gasteiger partial charge in [0.15, 0.2) is 0 Å². The highest BCUT2D eigenvalue weighted by atomic mass is 16.5.